The fourth-order valence-electron chi connectivity index (χ4n) is 2.44. The van der Waals surface area contributed by atoms with Crippen molar-refractivity contribution in [2.75, 3.05) is 0 Å². The first-order valence-electron chi connectivity index (χ1n) is 5.57. The summed E-state index contributed by atoms with van der Waals surface area (Å²) in [5.41, 5.74) is -1.89. The van der Waals surface area contributed by atoms with E-state index in [0.717, 1.165) is 12.8 Å². The molecule has 1 aliphatic rings. The molecule has 1 rings (SSSR count). The highest BCUT2D eigenvalue weighted by molar-refractivity contribution is 5.76. The summed E-state index contributed by atoms with van der Waals surface area (Å²) in [4.78, 5) is 11.4. The number of rotatable bonds is 2. The molecule has 0 heterocycles. The maximum atomic E-state index is 11.4. The van der Waals surface area contributed by atoms with Crippen LogP contribution in [-0.4, -0.2) is 21.8 Å². The van der Waals surface area contributed by atoms with Crippen molar-refractivity contribution >= 4 is 5.97 Å². The van der Waals surface area contributed by atoms with Crippen LogP contribution in [0.2, 0.25) is 0 Å². The molecule has 0 unspecified atom stereocenters. The van der Waals surface area contributed by atoms with Crippen molar-refractivity contribution in [2.45, 2.75) is 59.0 Å². The zero-order chi connectivity index (χ0) is 11.9. The molecular formula is C12H22O3. The molecule has 2 N–H and O–H groups in total. The van der Waals surface area contributed by atoms with Gasteiger partial charge in [0, 0.05) is 0 Å². The summed E-state index contributed by atoms with van der Waals surface area (Å²) in [6, 6.07) is 0. The molecule has 0 aromatic rings. The highest BCUT2D eigenvalue weighted by Gasteiger charge is 2.53. The second-order valence-electron chi connectivity index (χ2n) is 6.11. The topological polar surface area (TPSA) is 57.5 Å². The number of hydrogen-bond acceptors (Lipinski definition) is 2. The lowest BCUT2D eigenvalue weighted by Gasteiger charge is -2.47. The number of carbonyl (C=O) groups is 1. The molecule has 3 nitrogen and oxygen atoms in total. The summed E-state index contributed by atoms with van der Waals surface area (Å²) in [6.07, 6.45) is 2.87. The Morgan fingerprint density at radius 1 is 1.13 bits per heavy atom. The molecule has 0 aromatic heterocycles. The number of hydrogen-bond donors (Lipinski definition) is 2. The lowest BCUT2D eigenvalue weighted by atomic mass is 9.59. The molecule has 0 saturated heterocycles. The van der Waals surface area contributed by atoms with Gasteiger partial charge in [0.2, 0.25) is 0 Å². The van der Waals surface area contributed by atoms with Crippen LogP contribution in [0.4, 0.5) is 0 Å². The Bertz CT molecular complexity index is 251. The van der Waals surface area contributed by atoms with Gasteiger partial charge in [-0.05, 0) is 44.9 Å². The van der Waals surface area contributed by atoms with E-state index in [4.69, 9.17) is 0 Å². The third-order valence-corrected chi connectivity index (χ3v) is 4.04. The molecule has 0 aromatic carbocycles. The SMILES string of the molecule is CC1(C)CCC(C(=O)O)(C(C)(C)O)CC1. The van der Waals surface area contributed by atoms with Gasteiger partial charge in [0.25, 0.3) is 0 Å². The van der Waals surface area contributed by atoms with Crippen LogP contribution in [0, 0.1) is 10.8 Å². The van der Waals surface area contributed by atoms with Crippen LogP contribution in [-0.2, 0) is 4.79 Å². The van der Waals surface area contributed by atoms with E-state index in [-0.39, 0.29) is 5.41 Å². The molecule has 0 atom stereocenters. The van der Waals surface area contributed by atoms with E-state index in [0.29, 0.717) is 12.8 Å². The Kier molecular flexibility index (Phi) is 2.90. The standard InChI is InChI=1S/C12H22O3/c1-10(2)5-7-12(8-6-10,9(13)14)11(3,4)15/h15H,5-8H2,1-4H3,(H,13,14). The summed E-state index contributed by atoms with van der Waals surface area (Å²) >= 11 is 0. The van der Waals surface area contributed by atoms with Crippen molar-refractivity contribution in [1.29, 1.82) is 0 Å². The normalized spacial score (nSPS) is 24.9. The van der Waals surface area contributed by atoms with Crippen LogP contribution >= 0.6 is 0 Å². The number of carboxylic acid groups (broad SMARTS) is 1. The molecule has 15 heavy (non-hydrogen) atoms. The minimum absolute atomic E-state index is 0.212. The molecular weight excluding hydrogens is 192 g/mol. The van der Waals surface area contributed by atoms with E-state index < -0.39 is 17.0 Å². The van der Waals surface area contributed by atoms with Crippen LogP contribution in [0.15, 0.2) is 0 Å². The zero-order valence-electron chi connectivity index (χ0n) is 10.1. The van der Waals surface area contributed by atoms with Gasteiger partial charge in [-0.25, -0.2) is 0 Å². The van der Waals surface area contributed by atoms with Gasteiger partial charge < -0.3 is 10.2 Å². The van der Waals surface area contributed by atoms with Gasteiger partial charge in [-0.1, -0.05) is 13.8 Å². The van der Waals surface area contributed by atoms with E-state index in [2.05, 4.69) is 13.8 Å². The molecule has 1 aliphatic carbocycles. The predicted molar refractivity (Wildman–Crippen MR) is 58.6 cm³/mol. The Morgan fingerprint density at radius 2 is 1.53 bits per heavy atom. The molecule has 0 bridgehead atoms. The van der Waals surface area contributed by atoms with Crippen molar-refractivity contribution in [2.24, 2.45) is 10.8 Å². The van der Waals surface area contributed by atoms with E-state index in [9.17, 15) is 15.0 Å². The fraction of sp³-hybridized carbons (Fsp3) is 0.917. The van der Waals surface area contributed by atoms with Crippen LogP contribution < -0.4 is 0 Å². The van der Waals surface area contributed by atoms with Crippen LogP contribution in [0.25, 0.3) is 0 Å². The van der Waals surface area contributed by atoms with Crippen LogP contribution in [0.5, 0.6) is 0 Å². The van der Waals surface area contributed by atoms with E-state index >= 15 is 0 Å². The summed E-state index contributed by atoms with van der Waals surface area (Å²) in [5, 5.41) is 19.4. The van der Waals surface area contributed by atoms with Gasteiger partial charge in [-0.3, -0.25) is 4.79 Å². The molecule has 1 saturated carbocycles. The van der Waals surface area contributed by atoms with Gasteiger partial charge in [0.15, 0.2) is 0 Å². The third kappa shape index (κ3) is 2.17. The Labute approximate surface area is 91.5 Å². The van der Waals surface area contributed by atoms with E-state index in [1.807, 2.05) is 0 Å². The lowest BCUT2D eigenvalue weighted by Crippen LogP contribution is -2.52. The number of carboxylic acids is 1. The largest absolute Gasteiger partial charge is 0.481 e. The second kappa shape index (κ2) is 3.48. The maximum absolute atomic E-state index is 11.4. The first kappa shape index (κ1) is 12.5. The van der Waals surface area contributed by atoms with Crippen molar-refractivity contribution in [3.8, 4) is 0 Å². The highest BCUT2D eigenvalue weighted by Crippen LogP contribution is 2.50. The van der Waals surface area contributed by atoms with Gasteiger partial charge in [0.05, 0.1) is 11.0 Å². The molecule has 0 spiro atoms. The Balaban J connectivity index is 2.94. The maximum Gasteiger partial charge on any atom is 0.312 e. The van der Waals surface area contributed by atoms with Gasteiger partial charge in [-0.2, -0.15) is 0 Å². The molecule has 0 radical (unpaired) electrons. The van der Waals surface area contributed by atoms with Gasteiger partial charge >= 0.3 is 5.97 Å². The number of aliphatic carboxylic acids is 1. The molecule has 1 fully saturated rings. The zero-order valence-corrected chi connectivity index (χ0v) is 10.1. The summed E-state index contributed by atoms with van der Waals surface area (Å²) < 4.78 is 0. The number of aliphatic hydroxyl groups is 1. The van der Waals surface area contributed by atoms with Crippen LogP contribution in [0.3, 0.4) is 0 Å². The first-order chi connectivity index (χ1) is 6.61. The molecule has 0 amide bonds. The van der Waals surface area contributed by atoms with Crippen molar-refractivity contribution < 1.29 is 15.0 Å². The third-order valence-electron chi connectivity index (χ3n) is 4.04. The lowest BCUT2D eigenvalue weighted by molar-refractivity contribution is -0.173. The second-order valence-corrected chi connectivity index (χ2v) is 6.11. The first-order valence-corrected chi connectivity index (χ1v) is 5.57. The molecule has 3 heteroatoms. The summed E-state index contributed by atoms with van der Waals surface area (Å²) in [6.45, 7) is 7.53. The smallest absolute Gasteiger partial charge is 0.312 e. The average molecular weight is 214 g/mol. The average Bonchev–Trinajstić information content (AvgIpc) is 2.01. The van der Waals surface area contributed by atoms with Crippen molar-refractivity contribution in [3.63, 3.8) is 0 Å². The summed E-state index contributed by atoms with van der Waals surface area (Å²) in [7, 11) is 0. The predicted octanol–water partition coefficient (Wildman–Crippen LogP) is 2.43. The van der Waals surface area contributed by atoms with Gasteiger partial charge in [-0.15, -0.1) is 0 Å². The van der Waals surface area contributed by atoms with E-state index in [1.165, 1.54) is 0 Å². The Hall–Kier alpha value is -0.570. The molecule has 0 aliphatic heterocycles. The monoisotopic (exact) mass is 214 g/mol. The van der Waals surface area contributed by atoms with Gasteiger partial charge in [0.1, 0.15) is 0 Å². The Morgan fingerprint density at radius 3 is 1.80 bits per heavy atom. The minimum Gasteiger partial charge on any atom is -0.481 e. The van der Waals surface area contributed by atoms with E-state index in [1.54, 1.807) is 13.8 Å². The van der Waals surface area contributed by atoms with Crippen molar-refractivity contribution in [3.05, 3.63) is 0 Å². The van der Waals surface area contributed by atoms with Crippen molar-refractivity contribution in [1.82, 2.24) is 0 Å². The minimum atomic E-state index is -1.14. The highest BCUT2D eigenvalue weighted by atomic mass is 16.4. The summed E-state index contributed by atoms with van der Waals surface area (Å²) in [5.74, 6) is -0.856. The quantitative estimate of drug-likeness (QED) is 0.742. The fourth-order valence-corrected chi connectivity index (χ4v) is 2.44. The van der Waals surface area contributed by atoms with Crippen LogP contribution in [0.1, 0.15) is 53.4 Å². The molecule has 88 valence electrons.